The summed E-state index contributed by atoms with van der Waals surface area (Å²) in [6.45, 7) is 3.92. The van der Waals surface area contributed by atoms with Gasteiger partial charge < -0.3 is 4.74 Å². The zero-order valence-corrected chi connectivity index (χ0v) is 14.0. The Kier molecular flexibility index (Phi) is 5.30. The number of piperidine rings is 1. The standard InChI is InChI=1S/C15H27NO4S/c1-3-20-14(17)12-15(16-10-5-4-6-11-16)9-7-8-13(15)21(2,18)19/h13H,3-12H2,1-2H3. The van der Waals surface area contributed by atoms with Crippen molar-refractivity contribution < 1.29 is 17.9 Å². The zero-order valence-electron chi connectivity index (χ0n) is 13.1. The predicted octanol–water partition coefficient (Wildman–Crippen LogP) is 1.76. The molecule has 1 saturated carbocycles. The summed E-state index contributed by atoms with van der Waals surface area (Å²) in [6, 6.07) is 0. The first-order valence-electron chi connectivity index (χ1n) is 7.99. The van der Waals surface area contributed by atoms with Gasteiger partial charge in [-0.15, -0.1) is 0 Å². The van der Waals surface area contributed by atoms with E-state index in [1.807, 2.05) is 0 Å². The van der Waals surface area contributed by atoms with E-state index in [-0.39, 0.29) is 12.4 Å². The SMILES string of the molecule is CCOC(=O)CC1(N2CCCCC2)CCCC1S(C)(=O)=O. The van der Waals surface area contributed by atoms with E-state index >= 15 is 0 Å². The lowest BCUT2D eigenvalue weighted by molar-refractivity contribution is -0.146. The minimum Gasteiger partial charge on any atom is -0.466 e. The number of nitrogens with zero attached hydrogens (tertiary/aromatic N) is 1. The van der Waals surface area contributed by atoms with Gasteiger partial charge in [-0.25, -0.2) is 8.42 Å². The van der Waals surface area contributed by atoms with Crippen LogP contribution >= 0.6 is 0 Å². The molecule has 0 aromatic carbocycles. The van der Waals surface area contributed by atoms with Crippen LogP contribution in [0.15, 0.2) is 0 Å². The van der Waals surface area contributed by atoms with Gasteiger partial charge in [0.05, 0.1) is 18.3 Å². The third-order valence-corrected chi connectivity index (χ3v) is 6.64. The average Bonchev–Trinajstić information content (AvgIpc) is 2.85. The van der Waals surface area contributed by atoms with Crippen LogP contribution in [0, 0.1) is 0 Å². The highest BCUT2D eigenvalue weighted by Gasteiger charge is 2.53. The van der Waals surface area contributed by atoms with Gasteiger partial charge in [-0.2, -0.15) is 0 Å². The molecule has 0 amide bonds. The summed E-state index contributed by atoms with van der Waals surface area (Å²) >= 11 is 0. The van der Waals surface area contributed by atoms with Gasteiger partial charge >= 0.3 is 5.97 Å². The molecule has 2 fully saturated rings. The molecule has 2 unspecified atom stereocenters. The molecule has 0 aromatic rings. The van der Waals surface area contributed by atoms with Crippen molar-refractivity contribution >= 4 is 15.8 Å². The number of sulfone groups is 1. The van der Waals surface area contributed by atoms with Crippen molar-refractivity contribution in [3.05, 3.63) is 0 Å². The van der Waals surface area contributed by atoms with Crippen LogP contribution in [-0.2, 0) is 19.4 Å². The van der Waals surface area contributed by atoms with Crippen molar-refractivity contribution in [2.75, 3.05) is 26.0 Å². The molecule has 2 aliphatic rings. The molecule has 0 spiro atoms. The van der Waals surface area contributed by atoms with Gasteiger partial charge in [0.1, 0.15) is 0 Å². The Bertz CT molecular complexity index is 470. The molecular formula is C15H27NO4S. The maximum atomic E-state index is 12.3. The molecule has 122 valence electrons. The van der Waals surface area contributed by atoms with Gasteiger partial charge in [-0.05, 0) is 45.7 Å². The van der Waals surface area contributed by atoms with Crippen molar-refractivity contribution in [3.8, 4) is 0 Å². The van der Waals surface area contributed by atoms with Crippen LogP contribution in [0.25, 0.3) is 0 Å². The third kappa shape index (κ3) is 3.59. The van der Waals surface area contributed by atoms with Crippen molar-refractivity contribution in [3.63, 3.8) is 0 Å². The Hall–Kier alpha value is -0.620. The van der Waals surface area contributed by atoms with Crippen molar-refractivity contribution in [2.24, 2.45) is 0 Å². The Labute approximate surface area is 127 Å². The third-order valence-electron chi connectivity index (χ3n) is 4.93. The van der Waals surface area contributed by atoms with Crippen LogP contribution in [0.3, 0.4) is 0 Å². The van der Waals surface area contributed by atoms with E-state index in [4.69, 9.17) is 4.74 Å². The number of carbonyl (C=O) groups is 1. The second kappa shape index (κ2) is 6.65. The number of hydrogen-bond donors (Lipinski definition) is 0. The topological polar surface area (TPSA) is 63.7 Å². The fourth-order valence-electron chi connectivity index (χ4n) is 4.11. The summed E-state index contributed by atoms with van der Waals surface area (Å²) in [5.74, 6) is -0.265. The molecule has 1 aliphatic heterocycles. The largest absolute Gasteiger partial charge is 0.466 e. The van der Waals surface area contributed by atoms with Gasteiger partial charge in [0.2, 0.25) is 0 Å². The van der Waals surface area contributed by atoms with E-state index in [0.717, 1.165) is 38.8 Å². The van der Waals surface area contributed by atoms with E-state index in [0.29, 0.717) is 13.0 Å². The molecule has 1 heterocycles. The summed E-state index contributed by atoms with van der Waals surface area (Å²) < 4.78 is 29.6. The first-order chi connectivity index (χ1) is 9.90. The Morgan fingerprint density at radius 2 is 1.90 bits per heavy atom. The molecule has 1 aliphatic carbocycles. The van der Waals surface area contributed by atoms with Gasteiger partial charge in [0, 0.05) is 11.8 Å². The fraction of sp³-hybridized carbons (Fsp3) is 0.933. The zero-order chi connectivity index (χ0) is 15.5. The van der Waals surface area contributed by atoms with Crippen LogP contribution < -0.4 is 0 Å². The Balaban J connectivity index is 2.30. The molecule has 0 aromatic heterocycles. The fourth-order valence-corrected chi connectivity index (χ4v) is 5.85. The van der Waals surface area contributed by atoms with Crippen molar-refractivity contribution in [2.45, 2.75) is 62.7 Å². The highest BCUT2D eigenvalue weighted by atomic mass is 32.2. The van der Waals surface area contributed by atoms with Gasteiger partial charge in [-0.1, -0.05) is 12.8 Å². The average molecular weight is 317 g/mol. The maximum Gasteiger partial charge on any atom is 0.307 e. The van der Waals surface area contributed by atoms with Gasteiger partial charge in [0.25, 0.3) is 0 Å². The molecule has 21 heavy (non-hydrogen) atoms. The quantitative estimate of drug-likeness (QED) is 0.723. The maximum absolute atomic E-state index is 12.3. The van der Waals surface area contributed by atoms with Crippen LogP contribution in [0.4, 0.5) is 0 Å². The number of likely N-dealkylation sites (tertiary alicyclic amines) is 1. The predicted molar refractivity (Wildman–Crippen MR) is 81.9 cm³/mol. The smallest absolute Gasteiger partial charge is 0.307 e. The molecule has 2 rings (SSSR count). The number of rotatable bonds is 5. The van der Waals surface area contributed by atoms with Gasteiger partial charge in [-0.3, -0.25) is 9.69 Å². The number of ether oxygens (including phenoxy) is 1. The number of hydrogen-bond acceptors (Lipinski definition) is 5. The van der Waals surface area contributed by atoms with E-state index in [1.165, 1.54) is 12.7 Å². The summed E-state index contributed by atoms with van der Waals surface area (Å²) in [7, 11) is -3.17. The van der Waals surface area contributed by atoms with Crippen molar-refractivity contribution in [1.29, 1.82) is 0 Å². The van der Waals surface area contributed by atoms with E-state index in [1.54, 1.807) is 6.92 Å². The molecule has 2 atom stereocenters. The van der Waals surface area contributed by atoms with E-state index in [2.05, 4.69) is 4.90 Å². The number of carbonyl (C=O) groups excluding carboxylic acids is 1. The molecule has 0 bridgehead atoms. The van der Waals surface area contributed by atoms with Crippen LogP contribution in [0.2, 0.25) is 0 Å². The first-order valence-corrected chi connectivity index (χ1v) is 9.95. The summed E-state index contributed by atoms with van der Waals surface area (Å²) in [5, 5.41) is -0.437. The van der Waals surface area contributed by atoms with Crippen molar-refractivity contribution in [1.82, 2.24) is 4.90 Å². The van der Waals surface area contributed by atoms with Gasteiger partial charge in [0.15, 0.2) is 9.84 Å². The Morgan fingerprint density at radius 3 is 2.48 bits per heavy atom. The van der Waals surface area contributed by atoms with Crippen LogP contribution in [0.1, 0.15) is 51.9 Å². The number of esters is 1. The van der Waals surface area contributed by atoms with E-state index in [9.17, 15) is 13.2 Å². The molecule has 1 saturated heterocycles. The molecular weight excluding hydrogens is 290 g/mol. The summed E-state index contributed by atoms with van der Waals surface area (Å²) in [6.07, 6.45) is 7.19. The Morgan fingerprint density at radius 1 is 1.24 bits per heavy atom. The van der Waals surface area contributed by atoms with Crippen LogP contribution in [-0.4, -0.2) is 56.0 Å². The summed E-state index contributed by atoms with van der Waals surface area (Å²) in [5.41, 5.74) is -0.541. The summed E-state index contributed by atoms with van der Waals surface area (Å²) in [4.78, 5) is 14.3. The lowest BCUT2D eigenvalue weighted by atomic mass is 9.88. The normalized spacial score (nSPS) is 31.2. The highest BCUT2D eigenvalue weighted by Crippen LogP contribution is 2.43. The molecule has 0 radical (unpaired) electrons. The monoisotopic (exact) mass is 317 g/mol. The molecule has 0 N–H and O–H groups in total. The second-order valence-electron chi connectivity index (χ2n) is 6.34. The molecule has 5 nitrogen and oxygen atoms in total. The molecule has 6 heteroatoms. The minimum absolute atomic E-state index is 0.207. The minimum atomic E-state index is -3.17. The van der Waals surface area contributed by atoms with Crippen LogP contribution in [0.5, 0.6) is 0 Å². The highest BCUT2D eigenvalue weighted by molar-refractivity contribution is 7.91. The lowest BCUT2D eigenvalue weighted by Gasteiger charge is -2.46. The first kappa shape index (κ1) is 16.7. The van der Waals surface area contributed by atoms with E-state index < -0.39 is 20.6 Å². The second-order valence-corrected chi connectivity index (χ2v) is 8.57. The lowest BCUT2D eigenvalue weighted by Crippen LogP contribution is -2.58.